The summed E-state index contributed by atoms with van der Waals surface area (Å²) in [5, 5.41) is 6.22. The van der Waals surface area contributed by atoms with Crippen LogP contribution in [-0.4, -0.2) is 18.5 Å². The largest absolute Gasteiger partial charge is 0.399 e. The maximum absolute atomic E-state index is 12.0. The average molecular weight is 263 g/mol. The van der Waals surface area contributed by atoms with E-state index in [-0.39, 0.29) is 5.91 Å². The lowest BCUT2D eigenvalue weighted by Crippen LogP contribution is -2.27. The van der Waals surface area contributed by atoms with Gasteiger partial charge in [0.15, 0.2) is 0 Å². The van der Waals surface area contributed by atoms with E-state index in [0.717, 1.165) is 12.1 Å². The van der Waals surface area contributed by atoms with Crippen molar-refractivity contribution < 1.29 is 4.79 Å². The van der Waals surface area contributed by atoms with Crippen molar-refractivity contribution >= 4 is 17.3 Å². The smallest absolute Gasteiger partial charge is 0.253 e. The molecule has 0 spiro atoms. The standard InChI is InChI=1S/C15H25N3O/c1-5-10(3)11(4)18-14-9-12(16)7-8-13(14)15(19)17-6-2/h7-11,18H,5-6,16H2,1-4H3,(H,17,19). The first-order valence-electron chi connectivity index (χ1n) is 6.93. The maximum atomic E-state index is 12.0. The molecule has 0 aliphatic carbocycles. The van der Waals surface area contributed by atoms with Crippen molar-refractivity contribution in [2.75, 3.05) is 17.6 Å². The fourth-order valence-corrected chi connectivity index (χ4v) is 1.88. The lowest BCUT2D eigenvalue weighted by Gasteiger charge is -2.23. The molecule has 0 saturated heterocycles. The summed E-state index contributed by atoms with van der Waals surface area (Å²) in [4.78, 5) is 12.0. The minimum atomic E-state index is -0.0682. The Labute approximate surface area is 115 Å². The Morgan fingerprint density at radius 3 is 2.58 bits per heavy atom. The van der Waals surface area contributed by atoms with Gasteiger partial charge in [-0.25, -0.2) is 0 Å². The third-order valence-electron chi connectivity index (χ3n) is 3.51. The molecule has 0 aliphatic heterocycles. The van der Waals surface area contributed by atoms with Crippen LogP contribution in [0.4, 0.5) is 11.4 Å². The van der Waals surface area contributed by atoms with Gasteiger partial charge in [0.2, 0.25) is 0 Å². The number of nitrogen functional groups attached to an aromatic ring is 1. The molecule has 0 radical (unpaired) electrons. The summed E-state index contributed by atoms with van der Waals surface area (Å²) in [6, 6.07) is 5.64. The van der Waals surface area contributed by atoms with E-state index in [1.807, 2.05) is 13.0 Å². The molecule has 0 bridgehead atoms. The summed E-state index contributed by atoms with van der Waals surface area (Å²) in [7, 11) is 0. The van der Waals surface area contributed by atoms with E-state index in [1.54, 1.807) is 12.1 Å². The van der Waals surface area contributed by atoms with Crippen LogP contribution < -0.4 is 16.4 Å². The van der Waals surface area contributed by atoms with Crippen LogP contribution in [0, 0.1) is 5.92 Å². The molecule has 2 atom stereocenters. The summed E-state index contributed by atoms with van der Waals surface area (Å²) < 4.78 is 0. The quantitative estimate of drug-likeness (QED) is 0.691. The van der Waals surface area contributed by atoms with Gasteiger partial charge in [-0.3, -0.25) is 4.79 Å². The number of hydrogen-bond acceptors (Lipinski definition) is 3. The number of amides is 1. The zero-order valence-electron chi connectivity index (χ0n) is 12.3. The summed E-state index contributed by atoms with van der Waals surface area (Å²) in [6.45, 7) is 9.00. The van der Waals surface area contributed by atoms with Crippen molar-refractivity contribution in [1.82, 2.24) is 5.32 Å². The molecular formula is C15H25N3O. The lowest BCUT2D eigenvalue weighted by molar-refractivity contribution is 0.0956. The fourth-order valence-electron chi connectivity index (χ4n) is 1.88. The van der Waals surface area contributed by atoms with Crippen LogP contribution in [0.2, 0.25) is 0 Å². The average Bonchev–Trinajstić information content (AvgIpc) is 2.38. The number of carbonyl (C=O) groups excluding carboxylic acids is 1. The molecule has 4 heteroatoms. The zero-order chi connectivity index (χ0) is 14.4. The Hall–Kier alpha value is -1.71. The number of nitrogens with one attached hydrogen (secondary N) is 2. The van der Waals surface area contributed by atoms with Gasteiger partial charge >= 0.3 is 0 Å². The Kier molecular flexibility index (Phi) is 5.67. The number of hydrogen-bond donors (Lipinski definition) is 3. The summed E-state index contributed by atoms with van der Waals surface area (Å²) >= 11 is 0. The van der Waals surface area contributed by atoms with Gasteiger partial charge in [0.1, 0.15) is 0 Å². The molecule has 4 N–H and O–H groups in total. The topological polar surface area (TPSA) is 67.2 Å². The van der Waals surface area contributed by atoms with Crippen molar-refractivity contribution in [3.63, 3.8) is 0 Å². The Morgan fingerprint density at radius 1 is 1.32 bits per heavy atom. The Morgan fingerprint density at radius 2 is 2.00 bits per heavy atom. The molecule has 1 amide bonds. The van der Waals surface area contributed by atoms with Crippen LogP contribution in [0.15, 0.2) is 18.2 Å². The van der Waals surface area contributed by atoms with E-state index in [1.165, 1.54) is 0 Å². The summed E-state index contributed by atoms with van der Waals surface area (Å²) in [6.07, 6.45) is 1.09. The second-order valence-electron chi connectivity index (χ2n) is 4.98. The molecule has 1 rings (SSSR count). The molecule has 19 heavy (non-hydrogen) atoms. The molecule has 1 aromatic carbocycles. The van der Waals surface area contributed by atoms with Crippen LogP contribution in [0.3, 0.4) is 0 Å². The predicted octanol–water partition coefficient (Wildman–Crippen LogP) is 2.87. The maximum Gasteiger partial charge on any atom is 0.253 e. The number of rotatable bonds is 6. The van der Waals surface area contributed by atoms with Gasteiger partial charge in [-0.1, -0.05) is 20.3 Å². The van der Waals surface area contributed by atoms with Crippen molar-refractivity contribution in [2.45, 2.75) is 40.2 Å². The van der Waals surface area contributed by atoms with Crippen LogP contribution in [-0.2, 0) is 0 Å². The zero-order valence-corrected chi connectivity index (χ0v) is 12.3. The number of carbonyl (C=O) groups is 1. The number of anilines is 2. The highest BCUT2D eigenvalue weighted by Crippen LogP contribution is 2.22. The summed E-state index contributed by atoms with van der Waals surface area (Å²) in [5.41, 5.74) is 7.92. The van der Waals surface area contributed by atoms with Crippen LogP contribution in [0.5, 0.6) is 0 Å². The summed E-state index contributed by atoms with van der Waals surface area (Å²) in [5.74, 6) is 0.463. The molecule has 4 nitrogen and oxygen atoms in total. The molecule has 2 unspecified atom stereocenters. The molecule has 106 valence electrons. The third-order valence-corrected chi connectivity index (χ3v) is 3.51. The van der Waals surface area contributed by atoms with Gasteiger partial charge in [0, 0.05) is 24.0 Å². The van der Waals surface area contributed by atoms with Gasteiger partial charge in [-0.15, -0.1) is 0 Å². The molecule has 0 saturated carbocycles. The molecule has 0 heterocycles. The highest BCUT2D eigenvalue weighted by Gasteiger charge is 2.15. The second kappa shape index (κ2) is 7.02. The first-order chi connectivity index (χ1) is 8.99. The van der Waals surface area contributed by atoms with Gasteiger partial charge < -0.3 is 16.4 Å². The van der Waals surface area contributed by atoms with Crippen LogP contribution >= 0.6 is 0 Å². The second-order valence-corrected chi connectivity index (χ2v) is 4.98. The van der Waals surface area contributed by atoms with E-state index in [4.69, 9.17) is 5.73 Å². The van der Waals surface area contributed by atoms with Gasteiger partial charge in [0.25, 0.3) is 5.91 Å². The Bertz CT molecular complexity index is 431. The fraction of sp³-hybridized carbons (Fsp3) is 0.533. The van der Waals surface area contributed by atoms with Crippen molar-refractivity contribution in [3.05, 3.63) is 23.8 Å². The SMILES string of the molecule is CCNC(=O)c1ccc(N)cc1NC(C)C(C)CC. The van der Waals surface area contributed by atoms with E-state index < -0.39 is 0 Å². The minimum Gasteiger partial charge on any atom is -0.399 e. The highest BCUT2D eigenvalue weighted by molar-refractivity contribution is 6.00. The molecular weight excluding hydrogens is 238 g/mol. The van der Waals surface area contributed by atoms with Crippen LogP contribution in [0.25, 0.3) is 0 Å². The van der Waals surface area contributed by atoms with E-state index in [2.05, 4.69) is 31.4 Å². The predicted molar refractivity (Wildman–Crippen MR) is 81.4 cm³/mol. The molecule has 1 aromatic rings. The monoisotopic (exact) mass is 263 g/mol. The minimum absolute atomic E-state index is 0.0682. The van der Waals surface area contributed by atoms with Crippen molar-refractivity contribution in [3.8, 4) is 0 Å². The molecule has 0 aromatic heterocycles. The van der Waals surface area contributed by atoms with Crippen LogP contribution in [0.1, 0.15) is 44.5 Å². The Balaban J connectivity index is 2.97. The third kappa shape index (κ3) is 4.16. The molecule has 0 fully saturated rings. The van der Waals surface area contributed by atoms with Gasteiger partial charge in [0.05, 0.1) is 5.56 Å². The highest BCUT2D eigenvalue weighted by atomic mass is 16.1. The van der Waals surface area contributed by atoms with E-state index in [0.29, 0.717) is 29.8 Å². The molecule has 0 aliphatic rings. The normalized spacial score (nSPS) is 13.7. The van der Waals surface area contributed by atoms with Crippen molar-refractivity contribution in [1.29, 1.82) is 0 Å². The number of nitrogens with two attached hydrogens (primary N) is 1. The number of benzene rings is 1. The first-order valence-corrected chi connectivity index (χ1v) is 6.93. The lowest BCUT2D eigenvalue weighted by atomic mass is 10.00. The van der Waals surface area contributed by atoms with Crippen molar-refractivity contribution in [2.24, 2.45) is 5.92 Å². The first kappa shape index (κ1) is 15.3. The van der Waals surface area contributed by atoms with E-state index >= 15 is 0 Å². The van der Waals surface area contributed by atoms with Gasteiger partial charge in [-0.2, -0.15) is 0 Å². The van der Waals surface area contributed by atoms with Gasteiger partial charge in [-0.05, 0) is 38.0 Å². The van der Waals surface area contributed by atoms with E-state index in [9.17, 15) is 4.79 Å².